The molecule has 0 bridgehead atoms. The lowest BCUT2D eigenvalue weighted by atomic mass is 9.83. The normalized spacial score (nSPS) is 12.6. The van der Waals surface area contributed by atoms with Crippen molar-refractivity contribution in [1.29, 1.82) is 0 Å². The molecule has 200 valence electrons. The summed E-state index contributed by atoms with van der Waals surface area (Å²) in [6.45, 7) is 36.3. The van der Waals surface area contributed by atoms with Gasteiger partial charge < -0.3 is 0 Å². The molecule has 0 saturated carbocycles. The molecule has 0 heteroatoms. The van der Waals surface area contributed by atoms with Gasteiger partial charge in [0.2, 0.25) is 0 Å². The number of rotatable bonds is 0. The van der Waals surface area contributed by atoms with E-state index >= 15 is 0 Å². The largest absolute Gasteiger partial charge is 0.0444 e. The Morgan fingerprint density at radius 1 is 0.184 bits per heavy atom. The third-order valence-electron chi connectivity index (χ3n) is 10.9. The van der Waals surface area contributed by atoms with Gasteiger partial charge >= 0.3 is 0 Å². The summed E-state index contributed by atoms with van der Waals surface area (Å²) in [7, 11) is 0. The smallest absolute Gasteiger partial charge is 0.00223 e. The van der Waals surface area contributed by atoms with Crippen LogP contribution in [0.25, 0.3) is 32.7 Å². The Morgan fingerprint density at radius 2 is 0.368 bits per heavy atom. The van der Waals surface area contributed by atoms with Gasteiger partial charge in [0.05, 0.1) is 0 Å². The lowest BCUT2D eigenvalue weighted by Crippen LogP contribution is -2.01. The van der Waals surface area contributed by atoms with E-state index in [0.29, 0.717) is 0 Å². The molecule has 0 heterocycles. The van der Waals surface area contributed by atoms with Crippen LogP contribution in [0.5, 0.6) is 0 Å². The van der Waals surface area contributed by atoms with Crippen molar-refractivity contribution >= 4 is 32.7 Å². The Hall–Kier alpha value is -2.86. The first-order valence-corrected chi connectivity index (χ1v) is 14.2. The van der Waals surface area contributed by atoms with E-state index in [-0.39, 0.29) is 0 Å². The molecule has 0 unspecified atom stereocenters. The average molecular weight is 505 g/mol. The van der Waals surface area contributed by atoms with Gasteiger partial charge in [-0.15, -0.1) is 0 Å². The maximum atomic E-state index is 2.29. The van der Waals surface area contributed by atoms with Crippen molar-refractivity contribution in [3.05, 3.63) is 89.0 Å². The number of hydrogen-bond acceptors (Lipinski definition) is 0. The molecule has 5 rings (SSSR count). The molecule has 0 radical (unpaired) electrons. The second-order valence-corrected chi connectivity index (χ2v) is 12.2. The maximum Gasteiger partial charge on any atom is -0.00223 e. The highest BCUT2D eigenvalue weighted by molar-refractivity contribution is 6.16. The summed E-state index contributed by atoms with van der Waals surface area (Å²) in [5.74, 6) is 0. The molecule has 1 aliphatic rings. The monoisotopic (exact) mass is 504 g/mol. The molecule has 38 heavy (non-hydrogen) atoms. The topological polar surface area (TPSA) is 0 Å². The molecular weight excluding hydrogens is 456 g/mol. The molecule has 0 atom stereocenters. The van der Waals surface area contributed by atoms with Crippen LogP contribution >= 0.6 is 0 Å². The van der Waals surface area contributed by atoms with E-state index in [1.807, 2.05) is 0 Å². The van der Waals surface area contributed by atoms with Crippen molar-refractivity contribution in [2.45, 2.75) is 111 Å². The molecule has 0 aromatic heterocycles. The fourth-order valence-corrected chi connectivity index (χ4v) is 7.22. The van der Waals surface area contributed by atoms with E-state index in [1.165, 1.54) is 122 Å². The van der Waals surface area contributed by atoms with Crippen LogP contribution in [0.4, 0.5) is 0 Å². The summed E-state index contributed by atoms with van der Waals surface area (Å²) in [5.41, 5.74) is 26.3. The molecule has 0 fully saturated rings. The van der Waals surface area contributed by atoms with Crippen LogP contribution in [0.1, 0.15) is 103 Å². The maximum absolute atomic E-state index is 2.29. The first-order chi connectivity index (χ1) is 17.6. The Kier molecular flexibility index (Phi) is 6.97. The van der Waals surface area contributed by atoms with E-state index in [0.717, 1.165) is 0 Å². The van der Waals surface area contributed by atoms with Crippen LogP contribution in [-0.4, -0.2) is 0 Å². The van der Waals surface area contributed by atoms with Crippen molar-refractivity contribution < 1.29 is 0 Å². The SMILES string of the molecule is CC1=C(C)c2c(C)c(C)c(C)c3c(C)c(C)c(C)c1c23.Cc1c(C)c(C)c2c(C)c(C)c(C)c(C)c2c1C. The van der Waals surface area contributed by atoms with E-state index in [9.17, 15) is 0 Å². The average Bonchev–Trinajstić information content (AvgIpc) is 3.14. The van der Waals surface area contributed by atoms with Gasteiger partial charge in [-0.1, -0.05) is 0 Å². The van der Waals surface area contributed by atoms with Crippen LogP contribution in [0.2, 0.25) is 0 Å². The van der Waals surface area contributed by atoms with E-state index in [2.05, 4.69) is 111 Å². The zero-order valence-corrected chi connectivity index (χ0v) is 27.0. The first kappa shape index (κ1) is 28.2. The third kappa shape index (κ3) is 3.63. The fraction of sp³-hybridized carbons (Fsp3) is 0.421. The molecule has 0 amide bonds. The number of hydrogen-bond donors (Lipinski definition) is 0. The minimum Gasteiger partial charge on any atom is -0.0444 e. The van der Waals surface area contributed by atoms with Crippen molar-refractivity contribution in [1.82, 2.24) is 0 Å². The van der Waals surface area contributed by atoms with Gasteiger partial charge in [0.25, 0.3) is 0 Å². The number of allylic oxidation sites excluding steroid dienone is 2. The van der Waals surface area contributed by atoms with Gasteiger partial charge in [0.1, 0.15) is 0 Å². The number of benzene rings is 4. The highest BCUT2D eigenvalue weighted by Gasteiger charge is 2.27. The lowest BCUT2D eigenvalue weighted by Gasteiger charge is -2.21. The minimum atomic E-state index is 1.45. The van der Waals surface area contributed by atoms with Gasteiger partial charge in [-0.2, -0.15) is 0 Å². The molecule has 0 aliphatic heterocycles. The molecular formula is C38H48. The summed E-state index contributed by atoms with van der Waals surface area (Å²) in [5, 5.41) is 5.98. The quantitative estimate of drug-likeness (QED) is 0.223. The Balaban J connectivity index is 0.000000178. The van der Waals surface area contributed by atoms with Gasteiger partial charge in [-0.3, -0.25) is 0 Å². The Bertz CT molecular complexity index is 1550. The van der Waals surface area contributed by atoms with Crippen LogP contribution in [0, 0.1) is 96.9 Å². The molecule has 0 nitrogen and oxygen atoms in total. The summed E-state index contributed by atoms with van der Waals surface area (Å²) < 4.78 is 0. The number of fused-ring (bicyclic) bond motifs is 1. The molecule has 0 N–H and O–H groups in total. The standard InChI is InChI=1S/C20H24.C18H24/c1-9-11(3)17-12(4)10(2)14(6)19-16(8)15(7)18(13(9)5)20(17)19;1-9-10(2)14(6)18-16(8)12(4)11(3)15(7)17(18)13(9)5/h1-8H3;1-8H3. The van der Waals surface area contributed by atoms with E-state index < -0.39 is 0 Å². The Morgan fingerprint density at radius 3 is 0.605 bits per heavy atom. The van der Waals surface area contributed by atoms with Crippen molar-refractivity contribution in [2.24, 2.45) is 0 Å². The third-order valence-corrected chi connectivity index (χ3v) is 10.9. The molecule has 1 aliphatic carbocycles. The van der Waals surface area contributed by atoms with E-state index in [4.69, 9.17) is 0 Å². The highest BCUT2D eigenvalue weighted by Crippen LogP contribution is 2.48. The molecule has 4 aromatic carbocycles. The second-order valence-electron chi connectivity index (χ2n) is 12.2. The second kappa shape index (κ2) is 9.41. The van der Waals surface area contributed by atoms with Gasteiger partial charge in [-0.05, 0) is 232 Å². The zero-order chi connectivity index (χ0) is 28.7. The lowest BCUT2D eigenvalue weighted by molar-refractivity contribution is 1.20. The van der Waals surface area contributed by atoms with Crippen LogP contribution < -0.4 is 0 Å². The van der Waals surface area contributed by atoms with Crippen LogP contribution in [0.3, 0.4) is 0 Å². The predicted octanol–water partition coefficient (Wildman–Crippen LogP) is 11.3. The van der Waals surface area contributed by atoms with E-state index in [1.54, 1.807) is 0 Å². The minimum absolute atomic E-state index is 1.45. The summed E-state index contributed by atoms with van der Waals surface area (Å²) in [4.78, 5) is 0. The molecule has 4 aromatic rings. The zero-order valence-electron chi connectivity index (χ0n) is 27.0. The first-order valence-electron chi connectivity index (χ1n) is 14.2. The van der Waals surface area contributed by atoms with Gasteiger partial charge in [-0.25, -0.2) is 0 Å². The predicted molar refractivity (Wildman–Crippen MR) is 172 cm³/mol. The summed E-state index contributed by atoms with van der Waals surface area (Å²) in [6, 6.07) is 0. The summed E-state index contributed by atoms with van der Waals surface area (Å²) in [6.07, 6.45) is 0. The van der Waals surface area contributed by atoms with Crippen LogP contribution in [0.15, 0.2) is 0 Å². The van der Waals surface area contributed by atoms with Crippen molar-refractivity contribution in [3.8, 4) is 0 Å². The highest BCUT2D eigenvalue weighted by atomic mass is 14.3. The summed E-state index contributed by atoms with van der Waals surface area (Å²) >= 11 is 0. The fourth-order valence-electron chi connectivity index (χ4n) is 7.22. The van der Waals surface area contributed by atoms with Crippen molar-refractivity contribution in [2.75, 3.05) is 0 Å². The van der Waals surface area contributed by atoms with Gasteiger partial charge in [0, 0.05) is 0 Å². The van der Waals surface area contributed by atoms with Gasteiger partial charge in [0.15, 0.2) is 0 Å². The number of aryl methyl sites for hydroxylation is 6. The molecule has 0 spiro atoms. The molecule has 0 saturated heterocycles. The Labute approximate surface area is 232 Å². The van der Waals surface area contributed by atoms with Crippen LogP contribution in [-0.2, 0) is 0 Å². The van der Waals surface area contributed by atoms with Crippen molar-refractivity contribution in [3.63, 3.8) is 0 Å².